The van der Waals surface area contributed by atoms with E-state index < -0.39 is 28.9 Å². The topological polar surface area (TPSA) is 141 Å². The maximum atomic E-state index is 14.4. The van der Waals surface area contributed by atoms with Crippen molar-refractivity contribution in [2.75, 3.05) is 22.9 Å². The van der Waals surface area contributed by atoms with Crippen molar-refractivity contribution in [2.24, 2.45) is 0 Å². The molecule has 8 nitrogen and oxygen atoms in total. The van der Waals surface area contributed by atoms with Gasteiger partial charge in [0.1, 0.15) is 46.0 Å². The highest BCUT2D eigenvalue weighted by atomic mass is 19.4. The second kappa shape index (κ2) is 19.7. The van der Waals surface area contributed by atoms with Crippen LogP contribution in [0, 0.1) is 0 Å². The first-order valence-electron chi connectivity index (χ1n) is 21.0. The van der Waals surface area contributed by atoms with Gasteiger partial charge in [-0.1, -0.05) is 86.6 Å². The van der Waals surface area contributed by atoms with Gasteiger partial charge >= 0.3 is 12.4 Å². The molecule has 0 heterocycles. The predicted octanol–water partition coefficient (Wildman–Crippen LogP) is 14.6. The summed E-state index contributed by atoms with van der Waals surface area (Å²) in [5.74, 6) is 3.64. The lowest BCUT2D eigenvalue weighted by atomic mass is 9.73. The van der Waals surface area contributed by atoms with Crippen molar-refractivity contribution in [1.82, 2.24) is 0 Å². The van der Waals surface area contributed by atoms with E-state index in [-0.39, 0.29) is 28.4 Å². The first-order valence-corrected chi connectivity index (χ1v) is 21.0. The lowest BCUT2D eigenvalue weighted by molar-refractivity contribution is -0.288. The van der Waals surface area contributed by atoms with Gasteiger partial charge in [0.2, 0.25) is 5.41 Å². The van der Waals surface area contributed by atoms with Crippen LogP contribution < -0.4 is 41.9 Å². The van der Waals surface area contributed by atoms with Gasteiger partial charge in [0, 0.05) is 52.4 Å². The minimum Gasteiger partial charge on any atom is -0.457 e. The van der Waals surface area contributed by atoms with Crippen LogP contribution in [0.3, 0.4) is 0 Å². The van der Waals surface area contributed by atoms with Crippen molar-refractivity contribution < 1.29 is 45.3 Å². The summed E-state index contributed by atoms with van der Waals surface area (Å²) in [7, 11) is 0. The number of benzene rings is 8. The molecule has 68 heavy (non-hydrogen) atoms. The summed E-state index contributed by atoms with van der Waals surface area (Å²) in [5, 5.41) is 0. The normalized spacial score (nSPS) is 11.8. The summed E-state index contributed by atoms with van der Waals surface area (Å²) in [6.07, 6.45) is -11.4. The molecule has 0 aliphatic rings. The highest BCUT2D eigenvalue weighted by Gasteiger charge is 2.72. The number of nitrogen functional groups attached to an aromatic ring is 4. The Balaban J connectivity index is 0.000000204. The molecule has 14 heteroatoms. The monoisotopic (exact) mass is 928 g/mol. The number of halogens is 6. The number of nitrogens with two attached hydrogens (primary N) is 4. The van der Waals surface area contributed by atoms with Gasteiger partial charge in [0.25, 0.3) is 0 Å². The number of hydrogen-bond acceptors (Lipinski definition) is 8. The molecule has 0 aromatic heterocycles. The molecule has 0 unspecified atom stereocenters. The van der Waals surface area contributed by atoms with Crippen molar-refractivity contribution in [1.29, 1.82) is 0 Å². The average molecular weight is 929 g/mol. The largest absolute Gasteiger partial charge is 0.457 e. The van der Waals surface area contributed by atoms with Gasteiger partial charge in [-0.2, -0.15) is 26.3 Å². The lowest BCUT2D eigenvalue weighted by Gasteiger charge is -2.38. The number of rotatable bonds is 12. The van der Waals surface area contributed by atoms with E-state index in [4.69, 9.17) is 41.9 Å². The molecule has 8 aromatic rings. The third-order valence-electron chi connectivity index (χ3n) is 11.0. The van der Waals surface area contributed by atoms with E-state index in [2.05, 4.69) is 38.1 Å². The van der Waals surface area contributed by atoms with E-state index in [9.17, 15) is 26.3 Å². The third kappa shape index (κ3) is 11.0. The summed E-state index contributed by atoms with van der Waals surface area (Å²) in [6.45, 7) is 4.41. The Labute approximate surface area is 389 Å². The predicted molar refractivity (Wildman–Crippen MR) is 254 cm³/mol. The van der Waals surface area contributed by atoms with Crippen LogP contribution in [-0.4, -0.2) is 12.4 Å². The van der Waals surface area contributed by atoms with E-state index in [0.717, 1.165) is 71.5 Å². The molecule has 0 spiro atoms. The van der Waals surface area contributed by atoms with Gasteiger partial charge in [0.15, 0.2) is 0 Å². The Bertz CT molecular complexity index is 2740. The number of alkyl halides is 6. The highest BCUT2D eigenvalue weighted by molar-refractivity contribution is 5.52. The third-order valence-corrected chi connectivity index (χ3v) is 11.0. The molecule has 0 aliphatic heterocycles. The SMILES string of the molecule is CC(C)(c1ccc(Oc2cccc(N)c2)cc1)c1ccc(Oc2cccc(N)c2)cc1.Nc1cccc(Oc2ccc(C(c3ccc(Oc4cccc(N)c4)cc3)(C(F)(F)F)C(F)(F)F)cc2)c1. The highest BCUT2D eigenvalue weighted by Crippen LogP contribution is 2.56. The van der Waals surface area contributed by atoms with Crippen LogP contribution in [0.1, 0.15) is 36.1 Å². The molecule has 0 bridgehead atoms. The summed E-state index contributed by atoms with van der Waals surface area (Å²) in [4.78, 5) is 0. The van der Waals surface area contributed by atoms with Crippen molar-refractivity contribution in [2.45, 2.75) is 37.0 Å². The fourth-order valence-electron chi connectivity index (χ4n) is 7.43. The van der Waals surface area contributed by atoms with E-state index in [1.165, 1.54) is 23.3 Å². The first-order chi connectivity index (χ1) is 32.3. The van der Waals surface area contributed by atoms with Crippen LogP contribution in [0.2, 0.25) is 0 Å². The van der Waals surface area contributed by atoms with Gasteiger partial charge < -0.3 is 41.9 Å². The van der Waals surface area contributed by atoms with Crippen LogP contribution in [0.5, 0.6) is 46.0 Å². The van der Waals surface area contributed by atoms with E-state index in [1.807, 2.05) is 72.8 Å². The van der Waals surface area contributed by atoms with Crippen LogP contribution in [0.15, 0.2) is 194 Å². The minimum absolute atomic E-state index is 0.0403. The smallest absolute Gasteiger partial charge is 0.411 e. The molecule has 0 saturated carbocycles. The quantitative estimate of drug-likeness (QED) is 0.0701. The number of anilines is 4. The van der Waals surface area contributed by atoms with Gasteiger partial charge in [-0.3, -0.25) is 0 Å². The molecule has 0 atom stereocenters. The molecule has 8 N–H and O–H groups in total. The van der Waals surface area contributed by atoms with Gasteiger partial charge in [-0.15, -0.1) is 0 Å². The molecule has 0 radical (unpaired) electrons. The van der Waals surface area contributed by atoms with Crippen molar-refractivity contribution in [3.05, 3.63) is 216 Å². The van der Waals surface area contributed by atoms with Gasteiger partial charge in [-0.05, 0) is 119 Å². The number of hydrogen-bond donors (Lipinski definition) is 4. The fraction of sp³-hybridized carbons (Fsp3) is 0.111. The number of ether oxygens (including phenoxy) is 4. The molecule has 348 valence electrons. The van der Waals surface area contributed by atoms with E-state index in [0.29, 0.717) is 22.7 Å². The summed E-state index contributed by atoms with van der Waals surface area (Å²) in [5.41, 5.74) is 21.0. The Kier molecular flexibility index (Phi) is 13.8. The van der Waals surface area contributed by atoms with Gasteiger partial charge in [-0.25, -0.2) is 0 Å². The Morgan fingerprint density at radius 2 is 0.515 bits per heavy atom. The second-order valence-electron chi connectivity index (χ2n) is 16.2. The van der Waals surface area contributed by atoms with Crippen LogP contribution in [-0.2, 0) is 10.8 Å². The molecule has 8 rings (SSSR count). The fourth-order valence-corrected chi connectivity index (χ4v) is 7.43. The molecular weight excluding hydrogens is 883 g/mol. The zero-order valence-electron chi connectivity index (χ0n) is 36.7. The molecule has 0 aliphatic carbocycles. The molecule has 0 saturated heterocycles. The minimum atomic E-state index is -5.72. The van der Waals surface area contributed by atoms with E-state index >= 15 is 0 Å². The molecule has 0 fully saturated rings. The van der Waals surface area contributed by atoms with E-state index in [1.54, 1.807) is 36.4 Å². The molecule has 8 aromatic carbocycles. The second-order valence-corrected chi connectivity index (χ2v) is 16.2. The maximum absolute atomic E-state index is 14.4. The van der Waals surface area contributed by atoms with Crippen LogP contribution in [0.25, 0.3) is 0 Å². The summed E-state index contributed by atoms with van der Waals surface area (Å²) < 4.78 is 109. The van der Waals surface area contributed by atoms with Crippen LogP contribution in [0.4, 0.5) is 49.1 Å². The lowest BCUT2D eigenvalue weighted by Crippen LogP contribution is -2.54. The Morgan fingerprint density at radius 3 is 0.721 bits per heavy atom. The van der Waals surface area contributed by atoms with Crippen molar-refractivity contribution in [3.8, 4) is 46.0 Å². The van der Waals surface area contributed by atoms with Gasteiger partial charge in [0.05, 0.1) is 0 Å². The average Bonchev–Trinajstić information content (AvgIpc) is 3.28. The zero-order valence-corrected chi connectivity index (χ0v) is 36.7. The Morgan fingerprint density at radius 1 is 0.294 bits per heavy atom. The molecule has 0 amide bonds. The molecular formula is C54H46F6N4O4. The van der Waals surface area contributed by atoms with Crippen LogP contribution >= 0.6 is 0 Å². The summed E-state index contributed by atoms with van der Waals surface area (Å²) in [6, 6.07) is 50.8. The van der Waals surface area contributed by atoms with Crippen molar-refractivity contribution >= 4 is 22.7 Å². The first kappa shape index (κ1) is 47.7. The Hall–Kier alpha value is -8.26. The maximum Gasteiger partial charge on any atom is 0.411 e. The zero-order chi connectivity index (χ0) is 48.7. The standard InChI is InChI=1S/C27H20F6N2O2.C27H26N2O2/c28-26(29,30)25(27(31,32)33,17-7-11-21(12-8-17)36-23-5-1-3-19(34)15-23)18-9-13-22(14-10-18)37-24-6-2-4-20(35)16-24;1-27(2,19-9-13-23(14-10-19)30-25-7-3-5-21(28)17-25)20-11-15-24(16-12-20)31-26-8-4-6-22(29)18-26/h1-16H,34-35H2;3-18H,28-29H2,1-2H3. The van der Waals surface area contributed by atoms with Crippen molar-refractivity contribution in [3.63, 3.8) is 0 Å². The summed E-state index contributed by atoms with van der Waals surface area (Å²) >= 11 is 0.